The summed E-state index contributed by atoms with van der Waals surface area (Å²) in [6.45, 7) is 8.74. The molecule has 2 aromatic rings. The van der Waals surface area contributed by atoms with Crippen molar-refractivity contribution in [3.05, 3.63) is 48.0 Å². The van der Waals surface area contributed by atoms with E-state index >= 15 is 0 Å². The van der Waals surface area contributed by atoms with Gasteiger partial charge in [-0.25, -0.2) is 0 Å². The number of nitrogens with one attached hydrogen (secondary N) is 1. The topological polar surface area (TPSA) is 63.3 Å². The first-order chi connectivity index (χ1) is 14.7. The lowest BCUT2D eigenvalue weighted by Crippen LogP contribution is -2.53. The molecule has 4 rings (SSSR count). The third kappa shape index (κ3) is 4.46. The molecule has 0 radical (unpaired) electrons. The minimum Gasteiger partial charge on any atom is -0.492 e. The molecule has 7 nitrogen and oxygen atoms in total. The Balaban J connectivity index is 1.28. The number of piperazine rings is 1. The first kappa shape index (κ1) is 20.3. The van der Waals surface area contributed by atoms with Gasteiger partial charge in [0.2, 0.25) is 12.7 Å². The van der Waals surface area contributed by atoms with E-state index in [4.69, 9.17) is 14.2 Å². The van der Waals surface area contributed by atoms with E-state index in [2.05, 4.69) is 21.2 Å². The number of para-hydroxylation sites is 2. The number of fused-ring (bicyclic) bond motifs is 1. The normalized spacial score (nSPS) is 16.9. The first-order valence-corrected chi connectivity index (χ1v) is 10.5. The largest absolute Gasteiger partial charge is 0.492 e. The van der Waals surface area contributed by atoms with Gasteiger partial charge in [0.05, 0.1) is 18.3 Å². The zero-order valence-electron chi connectivity index (χ0n) is 17.6. The van der Waals surface area contributed by atoms with E-state index in [1.807, 2.05) is 50.2 Å². The molecule has 1 unspecified atom stereocenters. The van der Waals surface area contributed by atoms with Gasteiger partial charge in [-0.2, -0.15) is 0 Å². The summed E-state index contributed by atoms with van der Waals surface area (Å²) in [5.41, 5.74) is 2.12. The Morgan fingerprint density at radius 2 is 1.87 bits per heavy atom. The molecule has 0 aliphatic carbocycles. The fraction of sp³-hybridized carbons (Fsp3) is 0.435. The van der Waals surface area contributed by atoms with Crippen molar-refractivity contribution in [2.75, 3.05) is 44.5 Å². The van der Waals surface area contributed by atoms with E-state index in [1.54, 1.807) is 0 Å². The monoisotopic (exact) mass is 411 g/mol. The fourth-order valence-corrected chi connectivity index (χ4v) is 3.90. The van der Waals surface area contributed by atoms with Crippen molar-refractivity contribution in [1.29, 1.82) is 0 Å². The molecule has 0 spiro atoms. The summed E-state index contributed by atoms with van der Waals surface area (Å²) < 4.78 is 16.5. The van der Waals surface area contributed by atoms with Crippen molar-refractivity contribution in [3.63, 3.8) is 0 Å². The molecule has 1 N–H and O–H groups in total. The Kier molecular flexibility index (Phi) is 6.28. The summed E-state index contributed by atoms with van der Waals surface area (Å²) in [5, 5.41) is 3.05. The average molecular weight is 412 g/mol. The van der Waals surface area contributed by atoms with Crippen LogP contribution >= 0.6 is 0 Å². The van der Waals surface area contributed by atoms with Crippen LogP contribution in [0.3, 0.4) is 0 Å². The van der Waals surface area contributed by atoms with Gasteiger partial charge in [-0.3, -0.25) is 9.69 Å². The molecule has 1 atom stereocenters. The predicted octanol–water partition coefficient (Wildman–Crippen LogP) is 2.64. The highest BCUT2D eigenvalue weighted by Gasteiger charge is 2.26. The molecule has 2 aliphatic heterocycles. The fourth-order valence-electron chi connectivity index (χ4n) is 3.90. The number of carbonyl (C=O) groups excluding carboxylic acids is 1. The number of ether oxygens (including phenoxy) is 3. The van der Waals surface area contributed by atoms with Crippen molar-refractivity contribution in [3.8, 4) is 17.2 Å². The summed E-state index contributed by atoms with van der Waals surface area (Å²) in [6, 6.07) is 13.7. The third-order valence-corrected chi connectivity index (χ3v) is 5.65. The number of benzene rings is 2. The Labute approximate surface area is 177 Å². The molecule has 1 saturated heterocycles. The van der Waals surface area contributed by atoms with Crippen LogP contribution in [0.1, 0.15) is 19.4 Å². The molecule has 7 heteroatoms. The number of hydrogen-bond donors (Lipinski definition) is 1. The van der Waals surface area contributed by atoms with Crippen LogP contribution in [0.2, 0.25) is 0 Å². The summed E-state index contributed by atoms with van der Waals surface area (Å²) >= 11 is 0. The molecule has 0 bridgehead atoms. The number of rotatable bonds is 7. The van der Waals surface area contributed by atoms with Crippen LogP contribution in [0, 0.1) is 0 Å². The van der Waals surface area contributed by atoms with Gasteiger partial charge in [0.25, 0.3) is 0 Å². The highest BCUT2D eigenvalue weighted by atomic mass is 16.7. The van der Waals surface area contributed by atoms with Gasteiger partial charge in [0.15, 0.2) is 11.5 Å². The van der Waals surface area contributed by atoms with Crippen LogP contribution in [0.15, 0.2) is 42.5 Å². The summed E-state index contributed by atoms with van der Waals surface area (Å²) in [4.78, 5) is 17.3. The predicted molar refractivity (Wildman–Crippen MR) is 115 cm³/mol. The van der Waals surface area contributed by atoms with Gasteiger partial charge in [0, 0.05) is 32.7 Å². The lowest BCUT2D eigenvalue weighted by atomic mass is 10.1. The minimum absolute atomic E-state index is 0.0378. The lowest BCUT2D eigenvalue weighted by Gasteiger charge is -2.39. The second kappa shape index (κ2) is 9.26. The van der Waals surface area contributed by atoms with Crippen molar-refractivity contribution < 1.29 is 19.0 Å². The highest BCUT2D eigenvalue weighted by molar-refractivity contribution is 5.81. The number of carbonyl (C=O) groups is 1. The summed E-state index contributed by atoms with van der Waals surface area (Å²) in [5.74, 6) is 2.44. The van der Waals surface area contributed by atoms with Crippen molar-refractivity contribution in [1.82, 2.24) is 10.2 Å². The first-order valence-electron chi connectivity index (χ1n) is 10.5. The molecule has 0 aromatic heterocycles. The van der Waals surface area contributed by atoms with Gasteiger partial charge >= 0.3 is 0 Å². The maximum absolute atomic E-state index is 12.7. The van der Waals surface area contributed by atoms with E-state index in [0.717, 1.165) is 54.7 Å². The molecule has 2 heterocycles. The molecular weight excluding hydrogens is 382 g/mol. The van der Waals surface area contributed by atoms with Crippen molar-refractivity contribution in [2.45, 2.75) is 26.4 Å². The average Bonchev–Trinajstić information content (AvgIpc) is 3.26. The maximum atomic E-state index is 12.7. The van der Waals surface area contributed by atoms with Crippen LogP contribution in [-0.2, 0) is 11.3 Å². The van der Waals surface area contributed by atoms with E-state index in [0.29, 0.717) is 13.2 Å². The third-order valence-electron chi connectivity index (χ3n) is 5.65. The molecule has 1 fully saturated rings. The van der Waals surface area contributed by atoms with E-state index < -0.39 is 0 Å². The van der Waals surface area contributed by atoms with Gasteiger partial charge in [-0.05, 0) is 43.7 Å². The quantitative estimate of drug-likeness (QED) is 0.756. The van der Waals surface area contributed by atoms with Crippen LogP contribution in [0.25, 0.3) is 0 Å². The zero-order chi connectivity index (χ0) is 20.9. The summed E-state index contributed by atoms with van der Waals surface area (Å²) in [7, 11) is 0. The van der Waals surface area contributed by atoms with Gasteiger partial charge in [-0.15, -0.1) is 0 Å². The number of hydrogen-bond acceptors (Lipinski definition) is 6. The molecule has 160 valence electrons. The Morgan fingerprint density at radius 3 is 2.67 bits per heavy atom. The van der Waals surface area contributed by atoms with Crippen LogP contribution < -0.4 is 24.4 Å². The van der Waals surface area contributed by atoms with Crippen LogP contribution in [-0.4, -0.2) is 56.4 Å². The maximum Gasteiger partial charge on any atom is 0.237 e. The standard InChI is InChI=1S/C23H29N3O4/c1-3-28-20-7-5-4-6-19(20)26-12-10-25(11-13-26)17(2)23(27)24-15-18-8-9-21-22(14-18)30-16-29-21/h4-9,14,17H,3,10-13,15-16H2,1-2H3,(H,24,27). The zero-order valence-corrected chi connectivity index (χ0v) is 17.6. The Morgan fingerprint density at radius 1 is 1.10 bits per heavy atom. The van der Waals surface area contributed by atoms with Crippen molar-refractivity contribution >= 4 is 11.6 Å². The summed E-state index contributed by atoms with van der Waals surface area (Å²) in [6.07, 6.45) is 0. The van der Waals surface area contributed by atoms with Gasteiger partial charge in [0.1, 0.15) is 5.75 Å². The van der Waals surface area contributed by atoms with Gasteiger partial charge < -0.3 is 24.4 Å². The molecule has 30 heavy (non-hydrogen) atoms. The lowest BCUT2D eigenvalue weighted by molar-refractivity contribution is -0.126. The minimum atomic E-state index is -0.178. The molecule has 2 aliphatic rings. The second-order valence-corrected chi connectivity index (χ2v) is 7.51. The number of nitrogens with zero attached hydrogens (tertiary/aromatic N) is 2. The molecule has 0 saturated carbocycles. The Hall–Kier alpha value is -2.93. The van der Waals surface area contributed by atoms with Crippen LogP contribution in [0.4, 0.5) is 5.69 Å². The highest BCUT2D eigenvalue weighted by Crippen LogP contribution is 2.32. The van der Waals surface area contributed by atoms with E-state index in [9.17, 15) is 4.79 Å². The molecule has 1 amide bonds. The van der Waals surface area contributed by atoms with E-state index in [-0.39, 0.29) is 18.7 Å². The second-order valence-electron chi connectivity index (χ2n) is 7.51. The van der Waals surface area contributed by atoms with E-state index in [1.165, 1.54) is 0 Å². The van der Waals surface area contributed by atoms with Gasteiger partial charge in [-0.1, -0.05) is 18.2 Å². The molecular formula is C23H29N3O4. The smallest absolute Gasteiger partial charge is 0.237 e. The van der Waals surface area contributed by atoms with Crippen LogP contribution in [0.5, 0.6) is 17.2 Å². The Bertz CT molecular complexity index is 881. The number of anilines is 1. The SMILES string of the molecule is CCOc1ccccc1N1CCN(C(C)C(=O)NCc2ccc3c(c2)OCO3)CC1. The number of amides is 1. The van der Waals surface area contributed by atoms with Crippen molar-refractivity contribution in [2.24, 2.45) is 0 Å². The molecule has 2 aromatic carbocycles.